The van der Waals surface area contributed by atoms with Crippen LogP contribution in [0.4, 0.5) is 0 Å². The molecule has 0 radical (unpaired) electrons. The first-order chi connectivity index (χ1) is 7.74. The fourth-order valence-electron chi connectivity index (χ4n) is 1.60. The lowest BCUT2D eigenvalue weighted by atomic mass is 10.2. The topological polar surface area (TPSA) is 24.5 Å². The van der Waals surface area contributed by atoms with Crippen LogP contribution in [0.2, 0.25) is 0 Å². The monoisotopic (exact) mass is 230 g/mol. The highest BCUT2D eigenvalue weighted by Crippen LogP contribution is 1.95. The fourth-order valence-corrected chi connectivity index (χ4v) is 1.60. The molecule has 0 aliphatic heterocycles. The molecule has 0 aromatic carbocycles. The molecule has 0 rings (SSSR count). The molecule has 0 heterocycles. The van der Waals surface area contributed by atoms with E-state index in [0.717, 1.165) is 45.9 Å². The molecule has 16 heavy (non-hydrogen) atoms. The fraction of sp³-hybridized carbons (Fsp3) is 1.00. The highest BCUT2D eigenvalue weighted by Gasteiger charge is 2.02. The normalized spacial score (nSPS) is 13.3. The molecule has 1 unspecified atom stereocenters. The van der Waals surface area contributed by atoms with Crippen molar-refractivity contribution < 1.29 is 4.74 Å². The Hall–Kier alpha value is -0.120. The Kier molecular flexibility index (Phi) is 11.3. The summed E-state index contributed by atoms with van der Waals surface area (Å²) in [6.07, 6.45) is 1.20. The minimum absolute atomic E-state index is 0.614. The molecule has 0 saturated heterocycles. The second kappa shape index (κ2) is 11.4. The van der Waals surface area contributed by atoms with E-state index < -0.39 is 0 Å². The Balaban J connectivity index is 3.29. The van der Waals surface area contributed by atoms with Gasteiger partial charge in [-0.2, -0.15) is 0 Å². The maximum atomic E-state index is 5.68. The van der Waals surface area contributed by atoms with Gasteiger partial charge in [0.2, 0.25) is 0 Å². The predicted molar refractivity (Wildman–Crippen MR) is 70.9 cm³/mol. The number of likely N-dealkylation sites (N-methyl/N-ethyl adjacent to an activating group) is 1. The number of nitrogens with one attached hydrogen (secondary N) is 1. The molecule has 0 bridgehead atoms. The van der Waals surface area contributed by atoms with E-state index in [2.05, 4.69) is 37.9 Å². The molecule has 0 aliphatic carbocycles. The Bertz CT molecular complexity index is 138. The molecular formula is C13H30N2O. The summed E-state index contributed by atoms with van der Waals surface area (Å²) in [5.74, 6) is 0.614. The van der Waals surface area contributed by atoms with Gasteiger partial charge >= 0.3 is 0 Å². The maximum Gasteiger partial charge on any atom is 0.0593 e. The van der Waals surface area contributed by atoms with Crippen LogP contribution in [0.3, 0.4) is 0 Å². The number of hydrogen-bond donors (Lipinski definition) is 1. The van der Waals surface area contributed by atoms with Gasteiger partial charge in [-0.25, -0.2) is 0 Å². The summed E-state index contributed by atoms with van der Waals surface area (Å²) in [4.78, 5) is 2.39. The van der Waals surface area contributed by atoms with Gasteiger partial charge in [-0.3, -0.25) is 0 Å². The third-order valence-electron chi connectivity index (χ3n) is 2.77. The molecule has 0 aliphatic rings. The molecular weight excluding hydrogens is 200 g/mol. The van der Waals surface area contributed by atoms with Crippen molar-refractivity contribution in [1.29, 1.82) is 0 Å². The van der Waals surface area contributed by atoms with E-state index in [1.54, 1.807) is 0 Å². The predicted octanol–water partition coefficient (Wildman–Crippen LogP) is 1.98. The zero-order valence-electron chi connectivity index (χ0n) is 11.6. The third-order valence-corrected chi connectivity index (χ3v) is 2.77. The first-order valence-electron chi connectivity index (χ1n) is 6.75. The van der Waals surface area contributed by atoms with E-state index >= 15 is 0 Å². The van der Waals surface area contributed by atoms with Crippen LogP contribution in [0, 0.1) is 5.92 Å². The number of hydrogen-bond acceptors (Lipinski definition) is 3. The number of rotatable bonds is 11. The van der Waals surface area contributed by atoms with Crippen molar-refractivity contribution in [2.24, 2.45) is 5.92 Å². The molecule has 0 spiro atoms. The summed E-state index contributed by atoms with van der Waals surface area (Å²) < 4.78 is 5.68. The standard InChI is InChI=1S/C13H30N2O/c1-5-8-14-11-13(4)12-16-10-9-15(6-2)7-3/h13-14H,5-12H2,1-4H3. The van der Waals surface area contributed by atoms with Crippen molar-refractivity contribution >= 4 is 0 Å². The Morgan fingerprint density at radius 1 is 1.19 bits per heavy atom. The van der Waals surface area contributed by atoms with Gasteiger partial charge in [-0.15, -0.1) is 0 Å². The van der Waals surface area contributed by atoms with Crippen LogP contribution in [0.1, 0.15) is 34.1 Å². The highest BCUT2D eigenvalue weighted by atomic mass is 16.5. The average molecular weight is 230 g/mol. The van der Waals surface area contributed by atoms with Crippen LogP contribution < -0.4 is 5.32 Å². The number of ether oxygens (including phenoxy) is 1. The molecule has 0 aromatic heterocycles. The van der Waals surface area contributed by atoms with Crippen molar-refractivity contribution in [3.63, 3.8) is 0 Å². The van der Waals surface area contributed by atoms with E-state index in [0.29, 0.717) is 5.92 Å². The second-order valence-electron chi connectivity index (χ2n) is 4.41. The van der Waals surface area contributed by atoms with Gasteiger partial charge in [0.15, 0.2) is 0 Å². The molecule has 0 amide bonds. The number of nitrogens with zero attached hydrogens (tertiary/aromatic N) is 1. The molecule has 3 heteroatoms. The van der Waals surface area contributed by atoms with Crippen LogP contribution in [-0.2, 0) is 4.74 Å². The lowest BCUT2D eigenvalue weighted by Gasteiger charge is -2.19. The lowest BCUT2D eigenvalue weighted by Crippen LogP contribution is -2.29. The zero-order valence-corrected chi connectivity index (χ0v) is 11.6. The Morgan fingerprint density at radius 3 is 2.44 bits per heavy atom. The van der Waals surface area contributed by atoms with Crippen LogP contribution in [0.25, 0.3) is 0 Å². The summed E-state index contributed by atoms with van der Waals surface area (Å²) in [6, 6.07) is 0. The Morgan fingerprint density at radius 2 is 1.88 bits per heavy atom. The minimum atomic E-state index is 0.614. The van der Waals surface area contributed by atoms with Crippen molar-refractivity contribution in [3.8, 4) is 0 Å². The van der Waals surface area contributed by atoms with Crippen LogP contribution >= 0.6 is 0 Å². The van der Waals surface area contributed by atoms with Crippen molar-refractivity contribution in [1.82, 2.24) is 10.2 Å². The van der Waals surface area contributed by atoms with E-state index in [1.807, 2.05) is 0 Å². The van der Waals surface area contributed by atoms with Gasteiger partial charge in [-0.05, 0) is 38.5 Å². The van der Waals surface area contributed by atoms with E-state index in [9.17, 15) is 0 Å². The highest BCUT2D eigenvalue weighted by molar-refractivity contribution is 4.56. The second-order valence-corrected chi connectivity index (χ2v) is 4.41. The summed E-state index contributed by atoms with van der Waals surface area (Å²) in [5, 5.41) is 3.42. The van der Waals surface area contributed by atoms with Crippen LogP contribution in [0.15, 0.2) is 0 Å². The van der Waals surface area contributed by atoms with E-state index in [-0.39, 0.29) is 0 Å². The third kappa shape index (κ3) is 9.13. The molecule has 1 atom stereocenters. The van der Waals surface area contributed by atoms with Crippen molar-refractivity contribution in [2.75, 3.05) is 45.9 Å². The largest absolute Gasteiger partial charge is 0.380 e. The van der Waals surface area contributed by atoms with Crippen molar-refractivity contribution in [3.05, 3.63) is 0 Å². The SMILES string of the molecule is CCCNCC(C)COCCN(CC)CC. The summed E-state index contributed by atoms with van der Waals surface area (Å²) >= 11 is 0. The van der Waals surface area contributed by atoms with Crippen LogP contribution in [0.5, 0.6) is 0 Å². The molecule has 98 valence electrons. The van der Waals surface area contributed by atoms with Crippen molar-refractivity contribution in [2.45, 2.75) is 34.1 Å². The van der Waals surface area contributed by atoms with Gasteiger partial charge in [-0.1, -0.05) is 27.7 Å². The Labute approximate surface area is 102 Å². The molecule has 1 N–H and O–H groups in total. The molecule has 0 fully saturated rings. The van der Waals surface area contributed by atoms with Gasteiger partial charge in [0.05, 0.1) is 13.2 Å². The first kappa shape index (κ1) is 15.9. The van der Waals surface area contributed by atoms with Gasteiger partial charge in [0, 0.05) is 6.54 Å². The lowest BCUT2D eigenvalue weighted by molar-refractivity contribution is 0.0838. The zero-order chi connectivity index (χ0) is 12.2. The smallest absolute Gasteiger partial charge is 0.0593 e. The molecule has 0 aromatic rings. The summed E-state index contributed by atoms with van der Waals surface area (Å²) in [6.45, 7) is 16.0. The van der Waals surface area contributed by atoms with Crippen LogP contribution in [-0.4, -0.2) is 50.8 Å². The van der Waals surface area contributed by atoms with Gasteiger partial charge in [0.25, 0.3) is 0 Å². The summed E-state index contributed by atoms with van der Waals surface area (Å²) in [7, 11) is 0. The first-order valence-corrected chi connectivity index (χ1v) is 6.75. The quantitative estimate of drug-likeness (QED) is 0.549. The van der Waals surface area contributed by atoms with E-state index in [4.69, 9.17) is 4.74 Å². The average Bonchev–Trinajstić information content (AvgIpc) is 2.30. The van der Waals surface area contributed by atoms with E-state index in [1.165, 1.54) is 6.42 Å². The maximum absolute atomic E-state index is 5.68. The molecule has 0 saturated carbocycles. The van der Waals surface area contributed by atoms with Gasteiger partial charge in [0.1, 0.15) is 0 Å². The molecule has 3 nitrogen and oxygen atoms in total. The van der Waals surface area contributed by atoms with Gasteiger partial charge < -0.3 is 15.0 Å². The summed E-state index contributed by atoms with van der Waals surface area (Å²) in [5.41, 5.74) is 0. The minimum Gasteiger partial charge on any atom is -0.380 e.